The molecular formula is C12H16N4OS. The van der Waals surface area contributed by atoms with E-state index in [1.54, 1.807) is 10.7 Å². The number of aromatic nitrogens is 3. The number of nitrogens with zero attached hydrogens (tertiary/aromatic N) is 3. The Morgan fingerprint density at radius 3 is 2.89 bits per heavy atom. The van der Waals surface area contributed by atoms with Crippen LogP contribution in [0.5, 0.6) is 0 Å². The van der Waals surface area contributed by atoms with Crippen LogP contribution in [0.3, 0.4) is 0 Å². The molecule has 0 fully saturated rings. The molecule has 0 aliphatic heterocycles. The molecule has 0 saturated heterocycles. The maximum absolute atomic E-state index is 11.9. The molecule has 1 N–H and O–H groups in total. The number of amides is 1. The number of thiazole rings is 1. The molecule has 0 bridgehead atoms. The minimum atomic E-state index is -0.210. The van der Waals surface area contributed by atoms with Crippen LogP contribution in [0.1, 0.15) is 34.4 Å². The summed E-state index contributed by atoms with van der Waals surface area (Å²) in [6, 6.07) is 1.72. The summed E-state index contributed by atoms with van der Waals surface area (Å²) in [6.45, 7) is 6.81. The molecule has 2 rings (SSSR count). The van der Waals surface area contributed by atoms with E-state index in [1.165, 1.54) is 11.3 Å². The molecule has 0 aliphatic carbocycles. The summed E-state index contributed by atoms with van der Waals surface area (Å²) in [6.07, 6.45) is 2.81. The van der Waals surface area contributed by atoms with Gasteiger partial charge in [0.05, 0.1) is 5.69 Å². The van der Waals surface area contributed by atoms with Crippen molar-refractivity contribution in [1.82, 2.24) is 14.8 Å². The first kappa shape index (κ1) is 12.8. The van der Waals surface area contributed by atoms with Crippen molar-refractivity contribution in [2.75, 3.05) is 5.32 Å². The van der Waals surface area contributed by atoms with E-state index < -0.39 is 0 Å². The minimum absolute atomic E-state index is 0.210. The number of anilines is 1. The fourth-order valence-electron chi connectivity index (χ4n) is 1.52. The van der Waals surface area contributed by atoms with Gasteiger partial charge in [0.15, 0.2) is 10.8 Å². The van der Waals surface area contributed by atoms with E-state index in [4.69, 9.17) is 0 Å². The highest BCUT2D eigenvalue weighted by atomic mass is 32.1. The number of nitrogens with one attached hydrogen (secondary N) is 1. The molecule has 0 aromatic carbocycles. The molecule has 96 valence electrons. The zero-order valence-electron chi connectivity index (χ0n) is 10.7. The van der Waals surface area contributed by atoms with Crippen LogP contribution in [0, 0.1) is 13.8 Å². The van der Waals surface area contributed by atoms with Crippen LogP contribution in [0.4, 0.5) is 5.13 Å². The standard InChI is InChI=1S/C12H16N4OS/c1-4-6-16-7-5-10(15-16)11(17)14-12-13-8(2)9(3)18-12/h5,7H,4,6H2,1-3H3,(H,13,14,17). The van der Waals surface area contributed by atoms with E-state index in [-0.39, 0.29) is 5.91 Å². The second-order valence-electron chi connectivity index (χ2n) is 4.08. The second kappa shape index (κ2) is 5.30. The van der Waals surface area contributed by atoms with Gasteiger partial charge in [-0.3, -0.25) is 14.8 Å². The summed E-state index contributed by atoms with van der Waals surface area (Å²) in [5.41, 5.74) is 1.38. The molecule has 0 spiro atoms. The Balaban J connectivity index is 2.06. The van der Waals surface area contributed by atoms with Crippen LogP contribution in [-0.2, 0) is 6.54 Å². The van der Waals surface area contributed by atoms with Crippen LogP contribution in [0.2, 0.25) is 0 Å². The van der Waals surface area contributed by atoms with Gasteiger partial charge < -0.3 is 0 Å². The van der Waals surface area contributed by atoms with Gasteiger partial charge in [0.1, 0.15) is 0 Å². The Morgan fingerprint density at radius 1 is 1.50 bits per heavy atom. The Morgan fingerprint density at radius 2 is 2.28 bits per heavy atom. The SMILES string of the molecule is CCCn1ccc(C(=O)Nc2nc(C)c(C)s2)n1. The summed E-state index contributed by atoms with van der Waals surface area (Å²) < 4.78 is 1.77. The van der Waals surface area contributed by atoms with Crippen LogP contribution in [-0.4, -0.2) is 20.7 Å². The van der Waals surface area contributed by atoms with Gasteiger partial charge in [0.25, 0.3) is 5.91 Å². The summed E-state index contributed by atoms with van der Waals surface area (Å²) >= 11 is 1.48. The third-order valence-electron chi connectivity index (χ3n) is 2.57. The summed E-state index contributed by atoms with van der Waals surface area (Å²) in [4.78, 5) is 17.3. The first-order chi connectivity index (χ1) is 8.60. The van der Waals surface area contributed by atoms with E-state index in [2.05, 4.69) is 22.3 Å². The van der Waals surface area contributed by atoms with Crippen molar-refractivity contribution < 1.29 is 4.79 Å². The highest BCUT2D eigenvalue weighted by molar-refractivity contribution is 7.15. The van der Waals surface area contributed by atoms with Gasteiger partial charge >= 0.3 is 0 Å². The van der Waals surface area contributed by atoms with Crippen molar-refractivity contribution in [2.45, 2.75) is 33.7 Å². The number of carbonyl (C=O) groups excluding carboxylic acids is 1. The summed E-state index contributed by atoms with van der Waals surface area (Å²) in [5.74, 6) is -0.210. The van der Waals surface area contributed by atoms with Crippen molar-refractivity contribution >= 4 is 22.4 Å². The summed E-state index contributed by atoms with van der Waals surface area (Å²) in [5, 5.41) is 7.60. The van der Waals surface area contributed by atoms with Crippen molar-refractivity contribution in [2.24, 2.45) is 0 Å². The van der Waals surface area contributed by atoms with E-state index in [1.807, 2.05) is 20.0 Å². The number of carbonyl (C=O) groups is 1. The largest absolute Gasteiger partial charge is 0.296 e. The Bertz CT molecular complexity index is 539. The highest BCUT2D eigenvalue weighted by Gasteiger charge is 2.12. The molecule has 2 aromatic heterocycles. The first-order valence-corrected chi connectivity index (χ1v) is 6.70. The van der Waals surface area contributed by atoms with Gasteiger partial charge in [-0.25, -0.2) is 4.98 Å². The lowest BCUT2D eigenvalue weighted by Gasteiger charge is -1.98. The zero-order valence-corrected chi connectivity index (χ0v) is 11.5. The summed E-state index contributed by atoms with van der Waals surface area (Å²) in [7, 11) is 0. The third-order valence-corrected chi connectivity index (χ3v) is 3.56. The average Bonchev–Trinajstić information content (AvgIpc) is 2.88. The Labute approximate surface area is 110 Å². The first-order valence-electron chi connectivity index (χ1n) is 5.89. The fourth-order valence-corrected chi connectivity index (χ4v) is 2.33. The van der Waals surface area contributed by atoms with Crippen molar-refractivity contribution in [1.29, 1.82) is 0 Å². The quantitative estimate of drug-likeness (QED) is 0.923. The maximum Gasteiger partial charge on any atom is 0.277 e. The smallest absolute Gasteiger partial charge is 0.277 e. The number of rotatable bonds is 4. The molecule has 2 heterocycles. The lowest BCUT2D eigenvalue weighted by atomic mass is 10.4. The lowest BCUT2D eigenvalue weighted by molar-refractivity contribution is 0.102. The number of aryl methyl sites for hydroxylation is 3. The molecule has 5 nitrogen and oxygen atoms in total. The van der Waals surface area contributed by atoms with Crippen molar-refractivity contribution in [3.8, 4) is 0 Å². The monoisotopic (exact) mass is 264 g/mol. The molecule has 0 atom stereocenters. The third kappa shape index (κ3) is 2.76. The van der Waals surface area contributed by atoms with Gasteiger partial charge in [-0.15, -0.1) is 11.3 Å². The molecule has 1 amide bonds. The second-order valence-corrected chi connectivity index (χ2v) is 5.28. The Kier molecular flexibility index (Phi) is 3.76. The van der Waals surface area contributed by atoms with E-state index in [9.17, 15) is 4.79 Å². The molecule has 0 aliphatic rings. The molecule has 6 heteroatoms. The van der Waals surface area contributed by atoms with Crippen molar-refractivity contribution in [3.05, 3.63) is 28.5 Å². The van der Waals surface area contributed by atoms with E-state index in [0.717, 1.165) is 23.5 Å². The minimum Gasteiger partial charge on any atom is -0.296 e. The lowest BCUT2D eigenvalue weighted by Crippen LogP contribution is -2.13. The average molecular weight is 264 g/mol. The Hall–Kier alpha value is -1.69. The van der Waals surface area contributed by atoms with Crippen LogP contribution in [0.25, 0.3) is 0 Å². The molecule has 0 saturated carbocycles. The van der Waals surface area contributed by atoms with E-state index in [0.29, 0.717) is 10.8 Å². The van der Waals surface area contributed by atoms with Gasteiger partial charge in [0, 0.05) is 17.6 Å². The van der Waals surface area contributed by atoms with Gasteiger partial charge in [-0.2, -0.15) is 5.10 Å². The maximum atomic E-state index is 11.9. The number of hydrogen-bond acceptors (Lipinski definition) is 4. The predicted octanol–water partition coefficient (Wildman–Crippen LogP) is 2.62. The molecule has 18 heavy (non-hydrogen) atoms. The molecular weight excluding hydrogens is 248 g/mol. The van der Waals surface area contributed by atoms with Gasteiger partial charge in [0.2, 0.25) is 0 Å². The van der Waals surface area contributed by atoms with Crippen LogP contribution >= 0.6 is 11.3 Å². The predicted molar refractivity (Wildman–Crippen MR) is 72.1 cm³/mol. The highest BCUT2D eigenvalue weighted by Crippen LogP contribution is 2.21. The normalized spacial score (nSPS) is 10.6. The van der Waals surface area contributed by atoms with Crippen LogP contribution < -0.4 is 5.32 Å². The molecule has 2 aromatic rings. The van der Waals surface area contributed by atoms with Crippen molar-refractivity contribution in [3.63, 3.8) is 0 Å². The van der Waals surface area contributed by atoms with Gasteiger partial charge in [-0.1, -0.05) is 6.92 Å². The molecule has 0 radical (unpaired) electrons. The van der Waals surface area contributed by atoms with Gasteiger partial charge in [-0.05, 0) is 26.3 Å². The fraction of sp³-hybridized carbons (Fsp3) is 0.417. The van der Waals surface area contributed by atoms with Crippen LogP contribution in [0.15, 0.2) is 12.3 Å². The zero-order chi connectivity index (χ0) is 13.1. The molecule has 0 unspecified atom stereocenters. The van der Waals surface area contributed by atoms with E-state index >= 15 is 0 Å². The number of hydrogen-bond donors (Lipinski definition) is 1. The topological polar surface area (TPSA) is 59.8 Å².